The van der Waals surface area contributed by atoms with Crippen LogP contribution in [0.15, 0.2) is 33.5 Å². The number of aromatic nitrogens is 4. The molecule has 2 unspecified atom stereocenters. The van der Waals surface area contributed by atoms with Crippen LogP contribution in [0, 0.1) is 17.8 Å². The molecule has 1 saturated carbocycles. The summed E-state index contributed by atoms with van der Waals surface area (Å²) in [6, 6.07) is 5.43. The second-order valence-electron chi connectivity index (χ2n) is 10.8. The maximum absolute atomic E-state index is 12.6. The second-order valence-corrected chi connectivity index (χ2v) is 12.6. The highest BCUT2D eigenvalue weighted by Gasteiger charge is 2.48. The minimum atomic E-state index is -1.42. The number of nitrogens with one attached hydrogen (secondary N) is 1. The molecule has 1 aliphatic carbocycles. The first-order valence-corrected chi connectivity index (χ1v) is 15.5. The fourth-order valence-electron chi connectivity index (χ4n) is 5.11. The number of likely N-dealkylation sites (tertiary alicyclic amines) is 1. The Balaban J connectivity index is 1.08. The molecule has 4 atom stereocenters. The van der Waals surface area contributed by atoms with Crippen molar-refractivity contribution < 1.29 is 29.3 Å². The third-order valence-corrected chi connectivity index (χ3v) is 8.81. The predicted molar refractivity (Wildman–Crippen MR) is 160 cm³/mol. The number of hydrogen-bond acceptors (Lipinski definition) is 10. The van der Waals surface area contributed by atoms with E-state index in [0.29, 0.717) is 29.7 Å². The smallest absolute Gasteiger partial charge is 0.409 e. The van der Waals surface area contributed by atoms with Gasteiger partial charge in [0.05, 0.1) is 10.8 Å². The predicted octanol–water partition coefficient (Wildman–Crippen LogP) is 2.48. The van der Waals surface area contributed by atoms with Crippen molar-refractivity contribution in [3.05, 3.63) is 39.3 Å². The Hall–Kier alpha value is -3.29. The van der Waals surface area contributed by atoms with Crippen LogP contribution in [0.1, 0.15) is 44.2 Å². The van der Waals surface area contributed by atoms with Gasteiger partial charge in [-0.15, -0.1) is 0 Å². The molecular formula is C28H29Br2N7O6. The van der Waals surface area contributed by atoms with Crippen LogP contribution < -0.4 is 15.8 Å². The summed E-state index contributed by atoms with van der Waals surface area (Å²) in [7, 11) is 0. The van der Waals surface area contributed by atoms with Gasteiger partial charge in [-0.25, -0.2) is 19.7 Å². The van der Waals surface area contributed by atoms with E-state index in [2.05, 4.69) is 64.0 Å². The summed E-state index contributed by atoms with van der Waals surface area (Å²) in [4.78, 5) is 39.8. The van der Waals surface area contributed by atoms with Gasteiger partial charge in [0.25, 0.3) is 5.91 Å². The SMILES string of the molecule is Nc1nc(C#CCC2CCN(C(=O)Oc3ccc(Br)cc3Br)CC2)nc2c1ncn2C1OC(C(=O)NC2CC2)[C@H](O)[C@@H]1O. The van der Waals surface area contributed by atoms with Crippen LogP contribution in [0.2, 0.25) is 0 Å². The normalized spacial score (nSPS) is 24.0. The van der Waals surface area contributed by atoms with Gasteiger partial charge >= 0.3 is 6.09 Å². The number of fused-ring (bicyclic) bond motifs is 1. The molecule has 3 fully saturated rings. The van der Waals surface area contributed by atoms with E-state index < -0.39 is 30.4 Å². The third kappa shape index (κ3) is 6.48. The maximum atomic E-state index is 12.6. The lowest BCUT2D eigenvalue weighted by Crippen LogP contribution is -2.43. The zero-order valence-electron chi connectivity index (χ0n) is 22.8. The van der Waals surface area contributed by atoms with Gasteiger partial charge in [-0.05, 0) is 71.7 Å². The summed E-state index contributed by atoms with van der Waals surface area (Å²) in [5, 5.41) is 24.0. The van der Waals surface area contributed by atoms with E-state index in [1.165, 1.54) is 10.9 Å². The number of rotatable bonds is 5. The van der Waals surface area contributed by atoms with E-state index in [1.807, 2.05) is 12.1 Å². The number of halogens is 2. The Labute approximate surface area is 263 Å². The zero-order chi connectivity index (χ0) is 30.2. The summed E-state index contributed by atoms with van der Waals surface area (Å²) in [6.45, 7) is 1.12. The molecule has 226 valence electrons. The van der Waals surface area contributed by atoms with Crippen LogP contribution in [0.5, 0.6) is 5.75 Å². The number of aliphatic hydroxyl groups excluding tert-OH is 2. The standard InChI is InChI=1S/C28H29Br2N7O6/c29-15-4-7-18(17(30)12-15)42-28(41)36-10-8-14(9-11-36)2-1-3-19-34-24(31)20-25(35-19)37(13-32-20)27-22(39)21(38)23(43-27)26(40)33-16-5-6-16/h4,7,12-14,16,21-23,27,38-39H,2,5-6,8-11H2,(H,33,40)(H2,31,34,35)/t21-,22+,23?,27?/m1/s1. The summed E-state index contributed by atoms with van der Waals surface area (Å²) in [6.07, 6.45) is -0.270. The molecule has 13 nitrogen and oxygen atoms in total. The molecule has 2 aromatic heterocycles. The lowest BCUT2D eigenvalue weighted by molar-refractivity contribution is -0.137. The highest BCUT2D eigenvalue weighted by molar-refractivity contribution is 9.11. The van der Waals surface area contributed by atoms with Gasteiger partial charge in [0, 0.05) is 30.0 Å². The highest BCUT2D eigenvalue weighted by atomic mass is 79.9. The number of amides is 2. The van der Waals surface area contributed by atoms with Crippen molar-refractivity contribution in [2.24, 2.45) is 5.92 Å². The molecule has 0 bridgehead atoms. The molecule has 43 heavy (non-hydrogen) atoms. The number of anilines is 1. The van der Waals surface area contributed by atoms with Crippen molar-refractivity contribution in [2.45, 2.75) is 62.7 Å². The fraction of sp³-hybridized carbons (Fsp3) is 0.464. The number of ether oxygens (including phenoxy) is 2. The van der Waals surface area contributed by atoms with Crippen molar-refractivity contribution >= 4 is 60.8 Å². The lowest BCUT2D eigenvalue weighted by Gasteiger charge is -2.30. The molecule has 2 saturated heterocycles. The molecule has 1 aromatic carbocycles. The zero-order valence-corrected chi connectivity index (χ0v) is 26.0. The van der Waals surface area contributed by atoms with Crippen molar-refractivity contribution in [1.29, 1.82) is 0 Å². The first kappa shape index (κ1) is 29.8. The topological polar surface area (TPSA) is 178 Å². The van der Waals surface area contributed by atoms with Crippen molar-refractivity contribution in [1.82, 2.24) is 29.7 Å². The summed E-state index contributed by atoms with van der Waals surface area (Å²) in [5.74, 6) is 6.63. The number of nitrogens with two attached hydrogens (primary N) is 1. The van der Waals surface area contributed by atoms with Crippen LogP contribution in [0.4, 0.5) is 10.6 Å². The first-order valence-electron chi connectivity index (χ1n) is 13.9. The lowest BCUT2D eigenvalue weighted by atomic mass is 9.94. The van der Waals surface area contributed by atoms with Crippen molar-refractivity contribution in [3.63, 3.8) is 0 Å². The summed E-state index contributed by atoms with van der Waals surface area (Å²) < 4.78 is 14.3. The van der Waals surface area contributed by atoms with E-state index in [1.54, 1.807) is 11.0 Å². The molecule has 6 rings (SSSR count). The molecular weight excluding hydrogens is 690 g/mol. The number of carbonyl (C=O) groups is 2. The number of hydrogen-bond donors (Lipinski definition) is 4. The Morgan fingerprint density at radius 3 is 2.63 bits per heavy atom. The Bertz CT molecular complexity index is 1610. The number of imidazole rings is 1. The average Bonchev–Trinajstić information content (AvgIpc) is 3.62. The van der Waals surface area contributed by atoms with Crippen LogP contribution >= 0.6 is 31.9 Å². The van der Waals surface area contributed by atoms with Crippen LogP contribution in [0.25, 0.3) is 11.2 Å². The largest absolute Gasteiger partial charge is 0.415 e. The quantitative estimate of drug-likeness (QED) is 0.287. The molecule has 5 N–H and O–H groups in total. The Morgan fingerprint density at radius 2 is 1.91 bits per heavy atom. The number of nitrogens with zero attached hydrogens (tertiary/aromatic N) is 5. The fourth-order valence-corrected chi connectivity index (χ4v) is 6.24. The van der Waals surface area contributed by atoms with Crippen LogP contribution in [-0.4, -0.2) is 84.1 Å². The molecule has 2 aliphatic heterocycles. The summed E-state index contributed by atoms with van der Waals surface area (Å²) in [5.41, 5.74) is 6.68. The van der Waals surface area contributed by atoms with Crippen molar-refractivity contribution in [2.75, 3.05) is 18.8 Å². The number of carbonyl (C=O) groups excluding carboxylic acids is 2. The van der Waals surface area contributed by atoms with E-state index in [4.69, 9.17) is 15.2 Å². The molecule has 3 aromatic rings. The van der Waals surface area contributed by atoms with Crippen LogP contribution in [0.3, 0.4) is 0 Å². The highest BCUT2D eigenvalue weighted by Crippen LogP contribution is 2.33. The maximum Gasteiger partial charge on any atom is 0.415 e. The minimum absolute atomic E-state index is 0.0802. The van der Waals surface area contributed by atoms with Gasteiger partial charge in [0.2, 0.25) is 5.82 Å². The average molecular weight is 719 g/mol. The van der Waals surface area contributed by atoms with Crippen molar-refractivity contribution in [3.8, 4) is 17.6 Å². The third-order valence-electron chi connectivity index (χ3n) is 7.70. The molecule has 15 heteroatoms. The van der Waals surface area contributed by atoms with E-state index in [0.717, 1.165) is 30.2 Å². The molecule has 3 aliphatic rings. The number of nitrogen functional groups attached to an aromatic ring is 1. The minimum Gasteiger partial charge on any atom is -0.409 e. The Morgan fingerprint density at radius 1 is 1.14 bits per heavy atom. The second kappa shape index (κ2) is 12.4. The monoisotopic (exact) mass is 717 g/mol. The van der Waals surface area contributed by atoms with Gasteiger partial charge in [-0.3, -0.25) is 9.36 Å². The van der Waals surface area contributed by atoms with E-state index >= 15 is 0 Å². The molecule has 0 radical (unpaired) electrons. The van der Waals surface area contributed by atoms with Gasteiger partial charge < -0.3 is 35.6 Å². The molecule has 2 amide bonds. The Kier molecular flexibility index (Phi) is 8.56. The first-order chi connectivity index (χ1) is 20.7. The summed E-state index contributed by atoms with van der Waals surface area (Å²) >= 11 is 6.79. The van der Waals surface area contributed by atoms with Gasteiger partial charge in [0.15, 0.2) is 23.8 Å². The van der Waals surface area contributed by atoms with Gasteiger partial charge in [-0.2, -0.15) is 0 Å². The van der Waals surface area contributed by atoms with Gasteiger partial charge in [0.1, 0.15) is 23.5 Å². The molecule has 4 heterocycles. The molecule has 0 spiro atoms. The number of aliphatic hydroxyl groups is 2. The van der Waals surface area contributed by atoms with E-state index in [-0.39, 0.29) is 40.9 Å². The number of piperidine rings is 1. The van der Waals surface area contributed by atoms with Gasteiger partial charge in [-0.1, -0.05) is 21.9 Å². The van der Waals surface area contributed by atoms with E-state index in [9.17, 15) is 19.8 Å². The number of benzene rings is 1. The van der Waals surface area contributed by atoms with Crippen LogP contribution in [-0.2, 0) is 9.53 Å².